The predicted molar refractivity (Wildman–Crippen MR) is 103 cm³/mol. The molecule has 0 amide bonds. The van der Waals surface area contributed by atoms with Crippen molar-refractivity contribution in [2.45, 2.75) is 25.2 Å². The van der Waals surface area contributed by atoms with Crippen LogP contribution in [-0.2, 0) is 0 Å². The van der Waals surface area contributed by atoms with Gasteiger partial charge in [0.15, 0.2) is 0 Å². The summed E-state index contributed by atoms with van der Waals surface area (Å²) in [6, 6.07) is 16.9. The standard InChI is InChI=1S/C22H21Cl/c1-3-5-11-16(10-4-2)21-17-12-6-8-14-19(17)22(23)20-15-9-7-13-18(20)21/h3-4,6-9,12-16H,1-2,5,10-11H2. The second-order valence-electron chi connectivity index (χ2n) is 5.91. The number of hydrogen-bond donors (Lipinski definition) is 0. The zero-order valence-electron chi connectivity index (χ0n) is 13.3. The van der Waals surface area contributed by atoms with E-state index in [2.05, 4.69) is 61.7 Å². The van der Waals surface area contributed by atoms with Gasteiger partial charge in [-0.05, 0) is 41.5 Å². The minimum Gasteiger partial charge on any atom is -0.103 e. The first-order chi connectivity index (χ1) is 11.3. The largest absolute Gasteiger partial charge is 0.103 e. The molecule has 1 unspecified atom stereocenters. The Labute approximate surface area is 143 Å². The molecule has 0 N–H and O–H groups in total. The maximum Gasteiger partial charge on any atom is 0.0562 e. The first-order valence-corrected chi connectivity index (χ1v) is 8.46. The van der Waals surface area contributed by atoms with E-state index in [0.717, 1.165) is 35.1 Å². The van der Waals surface area contributed by atoms with E-state index < -0.39 is 0 Å². The molecule has 1 atom stereocenters. The van der Waals surface area contributed by atoms with Crippen LogP contribution >= 0.6 is 11.6 Å². The molecule has 0 nitrogen and oxygen atoms in total. The van der Waals surface area contributed by atoms with Crippen LogP contribution in [0.25, 0.3) is 21.5 Å². The van der Waals surface area contributed by atoms with Crippen LogP contribution in [0.5, 0.6) is 0 Å². The molecule has 0 aliphatic heterocycles. The van der Waals surface area contributed by atoms with Crippen molar-refractivity contribution in [2.75, 3.05) is 0 Å². The molecule has 0 fully saturated rings. The van der Waals surface area contributed by atoms with Crippen molar-refractivity contribution in [3.63, 3.8) is 0 Å². The topological polar surface area (TPSA) is 0 Å². The van der Waals surface area contributed by atoms with Gasteiger partial charge < -0.3 is 0 Å². The Morgan fingerprint density at radius 1 is 0.826 bits per heavy atom. The molecule has 23 heavy (non-hydrogen) atoms. The Bertz CT molecular complexity index is 803. The molecule has 0 spiro atoms. The van der Waals surface area contributed by atoms with Gasteiger partial charge in [-0.25, -0.2) is 0 Å². The fraction of sp³-hybridized carbons (Fsp3) is 0.182. The highest BCUT2D eigenvalue weighted by Gasteiger charge is 2.18. The fourth-order valence-electron chi connectivity index (χ4n) is 3.45. The molecule has 1 heteroatoms. The monoisotopic (exact) mass is 320 g/mol. The van der Waals surface area contributed by atoms with Crippen molar-refractivity contribution in [3.8, 4) is 0 Å². The zero-order valence-corrected chi connectivity index (χ0v) is 14.0. The second kappa shape index (κ2) is 7.02. The lowest BCUT2D eigenvalue weighted by atomic mass is 9.84. The summed E-state index contributed by atoms with van der Waals surface area (Å²) in [5, 5.41) is 5.63. The molecule has 0 radical (unpaired) electrons. The van der Waals surface area contributed by atoms with Gasteiger partial charge >= 0.3 is 0 Å². The van der Waals surface area contributed by atoms with Crippen molar-refractivity contribution in [1.82, 2.24) is 0 Å². The first kappa shape index (κ1) is 15.8. The van der Waals surface area contributed by atoms with Gasteiger partial charge in [0.1, 0.15) is 0 Å². The summed E-state index contributed by atoms with van der Waals surface area (Å²) in [6.07, 6.45) is 7.06. The van der Waals surface area contributed by atoms with Gasteiger partial charge in [-0.1, -0.05) is 72.3 Å². The van der Waals surface area contributed by atoms with Crippen LogP contribution < -0.4 is 0 Å². The quantitative estimate of drug-likeness (QED) is 0.331. The lowest BCUT2D eigenvalue weighted by molar-refractivity contribution is 0.650. The summed E-state index contributed by atoms with van der Waals surface area (Å²) in [5.74, 6) is 0.428. The van der Waals surface area contributed by atoms with E-state index in [4.69, 9.17) is 11.6 Å². The van der Waals surface area contributed by atoms with Crippen molar-refractivity contribution in [3.05, 3.63) is 84.4 Å². The summed E-state index contributed by atoms with van der Waals surface area (Å²) in [4.78, 5) is 0. The van der Waals surface area contributed by atoms with E-state index in [1.54, 1.807) is 0 Å². The molecule has 0 aliphatic rings. The average molecular weight is 321 g/mol. The highest BCUT2D eigenvalue weighted by atomic mass is 35.5. The Kier molecular flexibility index (Phi) is 4.83. The van der Waals surface area contributed by atoms with E-state index in [-0.39, 0.29) is 0 Å². The smallest absolute Gasteiger partial charge is 0.0562 e. The molecule has 0 bridgehead atoms. The molecule has 0 aliphatic carbocycles. The van der Waals surface area contributed by atoms with Gasteiger partial charge in [-0.15, -0.1) is 13.2 Å². The third-order valence-corrected chi connectivity index (χ3v) is 4.89. The van der Waals surface area contributed by atoms with Gasteiger partial charge in [0, 0.05) is 10.8 Å². The van der Waals surface area contributed by atoms with Crippen LogP contribution in [0.1, 0.15) is 30.7 Å². The average Bonchev–Trinajstić information content (AvgIpc) is 2.60. The highest BCUT2D eigenvalue weighted by molar-refractivity contribution is 6.41. The molecule has 3 aromatic carbocycles. The molecule has 3 rings (SSSR count). The minimum atomic E-state index is 0.428. The van der Waals surface area contributed by atoms with Crippen LogP contribution in [0, 0.1) is 0 Å². The number of hydrogen-bond acceptors (Lipinski definition) is 0. The van der Waals surface area contributed by atoms with Crippen LogP contribution in [0.15, 0.2) is 73.8 Å². The summed E-state index contributed by atoms with van der Waals surface area (Å²) >= 11 is 6.70. The first-order valence-electron chi connectivity index (χ1n) is 8.08. The molecule has 0 heterocycles. The molecule has 3 aromatic rings. The van der Waals surface area contributed by atoms with E-state index in [1.165, 1.54) is 16.3 Å². The number of rotatable bonds is 6. The maximum absolute atomic E-state index is 6.70. The van der Waals surface area contributed by atoms with E-state index in [1.807, 2.05) is 12.2 Å². The normalized spacial score (nSPS) is 12.4. The number of halogens is 1. The SMILES string of the molecule is C=CCCC(CC=C)c1c2ccccc2c(Cl)c2ccccc12. The predicted octanol–water partition coefficient (Wildman–Crippen LogP) is 7.27. The molecule has 116 valence electrons. The fourth-order valence-corrected chi connectivity index (χ4v) is 3.78. The summed E-state index contributed by atoms with van der Waals surface area (Å²) in [7, 11) is 0. The number of benzene rings is 3. The van der Waals surface area contributed by atoms with Crippen LogP contribution in [0.2, 0.25) is 5.02 Å². The number of fused-ring (bicyclic) bond motifs is 2. The van der Waals surface area contributed by atoms with Crippen LogP contribution in [0.3, 0.4) is 0 Å². The maximum atomic E-state index is 6.70. The lowest BCUT2D eigenvalue weighted by Gasteiger charge is -2.21. The Morgan fingerprint density at radius 3 is 1.83 bits per heavy atom. The molecular weight excluding hydrogens is 300 g/mol. The third-order valence-electron chi connectivity index (χ3n) is 4.49. The summed E-state index contributed by atoms with van der Waals surface area (Å²) < 4.78 is 0. The zero-order chi connectivity index (χ0) is 16.2. The molecule has 0 aromatic heterocycles. The van der Waals surface area contributed by atoms with Crippen molar-refractivity contribution in [2.24, 2.45) is 0 Å². The van der Waals surface area contributed by atoms with Gasteiger partial charge in [-0.3, -0.25) is 0 Å². The van der Waals surface area contributed by atoms with E-state index >= 15 is 0 Å². The van der Waals surface area contributed by atoms with Crippen molar-refractivity contribution >= 4 is 33.1 Å². The van der Waals surface area contributed by atoms with Crippen molar-refractivity contribution < 1.29 is 0 Å². The van der Waals surface area contributed by atoms with Gasteiger partial charge in [0.05, 0.1) is 5.02 Å². The van der Waals surface area contributed by atoms with Crippen molar-refractivity contribution in [1.29, 1.82) is 0 Å². The Balaban J connectivity index is 2.36. The summed E-state index contributed by atoms with van der Waals surface area (Å²) in [6.45, 7) is 7.84. The number of allylic oxidation sites excluding steroid dienone is 2. The van der Waals surface area contributed by atoms with Crippen LogP contribution in [-0.4, -0.2) is 0 Å². The Hall–Kier alpha value is -2.05. The molecule has 0 saturated carbocycles. The van der Waals surface area contributed by atoms with Gasteiger partial charge in [0.2, 0.25) is 0 Å². The highest BCUT2D eigenvalue weighted by Crippen LogP contribution is 2.41. The molecular formula is C22H21Cl. The minimum absolute atomic E-state index is 0.428. The van der Waals surface area contributed by atoms with Gasteiger partial charge in [0.25, 0.3) is 0 Å². The van der Waals surface area contributed by atoms with E-state index in [0.29, 0.717) is 5.92 Å². The second-order valence-corrected chi connectivity index (χ2v) is 6.28. The lowest BCUT2D eigenvalue weighted by Crippen LogP contribution is -2.01. The third kappa shape index (κ3) is 2.92. The summed E-state index contributed by atoms with van der Waals surface area (Å²) in [5.41, 5.74) is 1.39. The Morgan fingerprint density at radius 2 is 1.35 bits per heavy atom. The van der Waals surface area contributed by atoms with Gasteiger partial charge in [-0.2, -0.15) is 0 Å². The van der Waals surface area contributed by atoms with Crippen LogP contribution in [0.4, 0.5) is 0 Å². The molecule has 0 saturated heterocycles. The van der Waals surface area contributed by atoms with E-state index in [9.17, 15) is 0 Å².